The molecule has 42 heavy (non-hydrogen) atoms. The molecule has 7 rings (SSSR count). The second-order valence-electron chi connectivity index (χ2n) is 11.1. The molecule has 0 spiro atoms. The quantitative estimate of drug-likeness (QED) is 0.255. The second kappa shape index (κ2) is 10.3. The minimum absolute atomic E-state index is 0.0222. The van der Waals surface area contributed by atoms with E-state index in [0.717, 1.165) is 41.7 Å². The molecule has 2 aromatic carbocycles. The second-order valence-corrected chi connectivity index (χ2v) is 11.1. The Hall–Kier alpha value is -4.12. The number of piperidine rings is 1. The maximum absolute atomic E-state index is 14.5. The summed E-state index contributed by atoms with van der Waals surface area (Å²) in [7, 11) is 1.54. The first-order chi connectivity index (χ1) is 20.3. The molecule has 2 aromatic heterocycles. The van der Waals surface area contributed by atoms with Crippen LogP contribution < -0.4 is 9.64 Å². The summed E-state index contributed by atoms with van der Waals surface area (Å²) >= 11 is 0. The standard InChI is InChI=1S/C31H30F3N5O3/c1-41-22-10-6-19(7-11-22)18-38-29-26(28(31(32,33)34)42-30(38)40)24(12-15-35-29)27-23-4-2-3-5-25(23)39(36-27)21-13-16-37(17-14-21)20-8-9-20/h2-7,10-12,15,20-21,28H,8-9,13-14,16-18H2,1H3/t28-/m1/s1. The maximum atomic E-state index is 14.5. The first kappa shape index (κ1) is 26.8. The number of alkyl halides is 3. The number of likely N-dealkylation sites (tertiary alicyclic amines) is 1. The Balaban J connectivity index is 1.32. The molecule has 1 saturated heterocycles. The molecule has 2 fully saturated rings. The van der Waals surface area contributed by atoms with Gasteiger partial charge in [-0.05, 0) is 55.5 Å². The molecular formula is C31H30F3N5O3. The van der Waals surface area contributed by atoms with Crippen LogP contribution in [0.15, 0.2) is 60.8 Å². The van der Waals surface area contributed by atoms with Gasteiger partial charge in [0.15, 0.2) is 0 Å². The van der Waals surface area contributed by atoms with Crippen molar-refractivity contribution in [3.8, 4) is 17.0 Å². The van der Waals surface area contributed by atoms with Crippen molar-refractivity contribution >= 4 is 22.8 Å². The van der Waals surface area contributed by atoms with Crippen molar-refractivity contribution in [2.45, 2.75) is 56.6 Å². The lowest BCUT2D eigenvalue weighted by Gasteiger charge is -2.34. The zero-order chi connectivity index (χ0) is 29.0. The number of carbonyl (C=O) groups excluding carboxylic acids is 1. The molecule has 0 unspecified atom stereocenters. The summed E-state index contributed by atoms with van der Waals surface area (Å²) in [5.74, 6) is 0.539. The minimum atomic E-state index is -4.84. The van der Waals surface area contributed by atoms with Crippen LogP contribution in [0, 0.1) is 0 Å². The van der Waals surface area contributed by atoms with Gasteiger partial charge in [0.1, 0.15) is 17.3 Å². The minimum Gasteiger partial charge on any atom is -0.497 e. The predicted molar refractivity (Wildman–Crippen MR) is 150 cm³/mol. The number of hydrogen-bond donors (Lipinski definition) is 0. The third kappa shape index (κ3) is 4.75. The molecule has 0 radical (unpaired) electrons. The summed E-state index contributed by atoms with van der Waals surface area (Å²) in [4.78, 5) is 21.0. The lowest BCUT2D eigenvalue weighted by atomic mass is 9.97. The van der Waals surface area contributed by atoms with Gasteiger partial charge in [0, 0.05) is 36.3 Å². The monoisotopic (exact) mass is 577 g/mol. The number of methoxy groups -OCH3 is 1. The van der Waals surface area contributed by atoms with Crippen molar-refractivity contribution in [1.29, 1.82) is 0 Å². The van der Waals surface area contributed by atoms with Crippen molar-refractivity contribution in [3.63, 3.8) is 0 Å². The van der Waals surface area contributed by atoms with Crippen LogP contribution in [0.4, 0.5) is 23.8 Å². The zero-order valence-corrected chi connectivity index (χ0v) is 23.1. The number of ether oxygens (including phenoxy) is 2. The molecule has 2 aliphatic heterocycles. The molecule has 11 heteroatoms. The third-order valence-corrected chi connectivity index (χ3v) is 8.50. The number of halogens is 3. The largest absolute Gasteiger partial charge is 0.497 e. The van der Waals surface area contributed by atoms with Crippen LogP contribution >= 0.6 is 0 Å². The number of benzene rings is 2. The average molecular weight is 578 g/mol. The number of amides is 1. The van der Waals surface area contributed by atoms with Gasteiger partial charge in [0.2, 0.25) is 6.10 Å². The van der Waals surface area contributed by atoms with E-state index in [1.54, 1.807) is 24.3 Å². The maximum Gasteiger partial charge on any atom is 0.430 e. The summed E-state index contributed by atoms with van der Waals surface area (Å²) in [5.41, 5.74) is 2.01. The lowest BCUT2D eigenvalue weighted by Crippen LogP contribution is -2.42. The number of pyridine rings is 1. The summed E-state index contributed by atoms with van der Waals surface area (Å²) in [6.07, 6.45) is -2.63. The number of hydrogen-bond acceptors (Lipinski definition) is 6. The molecule has 4 heterocycles. The first-order valence-corrected chi connectivity index (χ1v) is 14.2. The summed E-state index contributed by atoms with van der Waals surface area (Å²) in [6, 6.07) is 16.9. The van der Waals surface area contributed by atoms with Crippen molar-refractivity contribution in [2.75, 3.05) is 25.1 Å². The summed E-state index contributed by atoms with van der Waals surface area (Å²) < 4.78 is 55.7. The predicted octanol–water partition coefficient (Wildman–Crippen LogP) is 6.67. The van der Waals surface area contributed by atoms with Crippen LogP contribution in [0.3, 0.4) is 0 Å². The Morgan fingerprint density at radius 3 is 2.40 bits per heavy atom. The number of carbonyl (C=O) groups is 1. The molecule has 8 nitrogen and oxygen atoms in total. The number of para-hydroxylation sites is 1. The number of aromatic nitrogens is 3. The fourth-order valence-electron chi connectivity index (χ4n) is 6.24. The smallest absolute Gasteiger partial charge is 0.430 e. The van der Waals surface area contributed by atoms with Crippen LogP contribution in [0.2, 0.25) is 0 Å². The number of fused-ring (bicyclic) bond motifs is 2. The zero-order valence-electron chi connectivity index (χ0n) is 23.1. The molecule has 218 valence electrons. The van der Waals surface area contributed by atoms with E-state index in [1.807, 2.05) is 28.9 Å². The number of cyclic esters (lactones) is 1. The van der Waals surface area contributed by atoms with E-state index < -0.39 is 18.4 Å². The molecule has 3 aliphatic rings. The first-order valence-electron chi connectivity index (χ1n) is 14.2. The van der Waals surface area contributed by atoms with E-state index >= 15 is 0 Å². The Kier molecular flexibility index (Phi) is 6.56. The van der Waals surface area contributed by atoms with E-state index in [0.29, 0.717) is 23.0 Å². The number of rotatable bonds is 6. The molecule has 1 amide bonds. The summed E-state index contributed by atoms with van der Waals surface area (Å²) in [5, 5.41) is 5.72. The van der Waals surface area contributed by atoms with Gasteiger partial charge in [-0.1, -0.05) is 30.3 Å². The van der Waals surface area contributed by atoms with Gasteiger partial charge < -0.3 is 14.4 Å². The van der Waals surface area contributed by atoms with E-state index in [1.165, 1.54) is 32.2 Å². The Bertz CT molecular complexity index is 1630. The lowest BCUT2D eigenvalue weighted by molar-refractivity contribution is -0.207. The Morgan fingerprint density at radius 1 is 0.976 bits per heavy atom. The van der Waals surface area contributed by atoms with Gasteiger partial charge in [-0.15, -0.1) is 0 Å². The fourth-order valence-corrected chi connectivity index (χ4v) is 6.24. The Labute approximate surface area is 240 Å². The highest BCUT2D eigenvalue weighted by atomic mass is 19.4. The molecule has 4 aromatic rings. The van der Waals surface area contributed by atoms with Gasteiger partial charge in [-0.3, -0.25) is 9.58 Å². The molecule has 0 bridgehead atoms. The van der Waals surface area contributed by atoms with E-state index in [9.17, 15) is 18.0 Å². The molecule has 0 N–H and O–H groups in total. The highest BCUT2D eigenvalue weighted by Crippen LogP contribution is 2.48. The van der Waals surface area contributed by atoms with Gasteiger partial charge in [-0.2, -0.15) is 18.3 Å². The Morgan fingerprint density at radius 2 is 1.71 bits per heavy atom. The third-order valence-electron chi connectivity index (χ3n) is 8.50. The van der Waals surface area contributed by atoms with E-state index in [2.05, 4.69) is 9.88 Å². The number of anilines is 1. The van der Waals surface area contributed by atoms with Gasteiger partial charge in [0.25, 0.3) is 0 Å². The molecule has 1 aliphatic carbocycles. The van der Waals surface area contributed by atoms with Crippen LogP contribution in [-0.4, -0.2) is 58.2 Å². The van der Waals surface area contributed by atoms with Crippen molar-refractivity contribution in [3.05, 3.63) is 71.9 Å². The van der Waals surface area contributed by atoms with Crippen molar-refractivity contribution < 1.29 is 27.4 Å². The van der Waals surface area contributed by atoms with E-state index in [4.69, 9.17) is 14.6 Å². The average Bonchev–Trinajstić information content (AvgIpc) is 3.78. The SMILES string of the molecule is COc1ccc(CN2C(=O)O[C@@H](C(F)(F)F)c3c(-c4nn(C5CCN(C6CC6)CC5)c5ccccc45)ccnc32)cc1. The van der Waals surface area contributed by atoms with E-state index in [-0.39, 0.29) is 29.5 Å². The van der Waals surface area contributed by atoms with Crippen LogP contribution in [0.25, 0.3) is 22.2 Å². The molecule has 1 saturated carbocycles. The molecule has 1 atom stereocenters. The van der Waals surface area contributed by atoms with Crippen LogP contribution in [-0.2, 0) is 11.3 Å². The highest BCUT2D eigenvalue weighted by molar-refractivity contribution is 5.97. The van der Waals surface area contributed by atoms with Gasteiger partial charge >= 0.3 is 12.3 Å². The van der Waals surface area contributed by atoms with Gasteiger partial charge in [0.05, 0.1) is 30.8 Å². The number of nitrogens with zero attached hydrogens (tertiary/aromatic N) is 5. The van der Waals surface area contributed by atoms with Gasteiger partial charge in [-0.25, -0.2) is 9.78 Å². The van der Waals surface area contributed by atoms with Crippen LogP contribution in [0.1, 0.15) is 49.0 Å². The summed E-state index contributed by atoms with van der Waals surface area (Å²) in [6.45, 7) is 1.94. The molecular weight excluding hydrogens is 547 g/mol. The normalized spacial score (nSPS) is 20.0. The highest BCUT2D eigenvalue weighted by Gasteiger charge is 2.51. The van der Waals surface area contributed by atoms with Crippen molar-refractivity contribution in [1.82, 2.24) is 19.7 Å². The van der Waals surface area contributed by atoms with Crippen LogP contribution in [0.5, 0.6) is 5.75 Å². The fraction of sp³-hybridized carbons (Fsp3) is 0.387. The topological polar surface area (TPSA) is 72.7 Å². The van der Waals surface area contributed by atoms with Crippen molar-refractivity contribution in [2.24, 2.45) is 0 Å².